The first-order valence-corrected chi connectivity index (χ1v) is 7.69. The third-order valence-electron chi connectivity index (χ3n) is 3.60. The smallest absolute Gasteiger partial charge is 0.221 e. The van der Waals surface area contributed by atoms with Crippen LogP contribution in [0.3, 0.4) is 0 Å². The molecule has 8 heteroatoms. The van der Waals surface area contributed by atoms with Gasteiger partial charge in [-0.05, 0) is 30.7 Å². The van der Waals surface area contributed by atoms with E-state index in [4.69, 9.17) is 15.6 Å². The quantitative estimate of drug-likeness (QED) is 0.713. The van der Waals surface area contributed by atoms with Gasteiger partial charge >= 0.3 is 0 Å². The molecule has 0 aliphatic heterocycles. The molecule has 1 atom stereocenters. The monoisotopic (exact) mass is 374 g/mol. The fraction of sp³-hybridized carbons (Fsp3) is 0.167. The Bertz CT molecular complexity index is 877. The molecule has 3 N–H and O–H groups in total. The van der Waals surface area contributed by atoms with Crippen LogP contribution in [0.1, 0.15) is 6.92 Å². The highest BCUT2D eigenvalue weighted by Gasteiger charge is 2.13. The molecule has 26 heavy (non-hydrogen) atoms. The van der Waals surface area contributed by atoms with Crippen molar-refractivity contribution in [2.45, 2.75) is 13.0 Å². The van der Waals surface area contributed by atoms with Gasteiger partial charge in [0.15, 0.2) is 0 Å². The molecule has 2 aromatic heterocycles. The van der Waals surface area contributed by atoms with Gasteiger partial charge in [0, 0.05) is 35.3 Å². The molecule has 6 nitrogen and oxygen atoms in total. The van der Waals surface area contributed by atoms with Crippen molar-refractivity contribution in [1.82, 2.24) is 15.0 Å². The predicted molar refractivity (Wildman–Crippen MR) is 103 cm³/mol. The Balaban J connectivity index is 0.00000243. The van der Waals surface area contributed by atoms with Crippen molar-refractivity contribution in [2.24, 2.45) is 0 Å². The van der Waals surface area contributed by atoms with E-state index in [1.807, 2.05) is 0 Å². The summed E-state index contributed by atoms with van der Waals surface area (Å²) in [5, 5.41) is 9.15. The lowest BCUT2D eigenvalue weighted by Crippen LogP contribution is -2.17. The highest BCUT2D eigenvalue weighted by Crippen LogP contribution is 2.32. The van der Waals surface area contributed by atoms with E-state index in [0.717, 1.165) is 0 Å². The minimum absolute atomic E-state index is 0. The number of halogens is 1. The molecule has 136 valence electrons. The third-order valence-corrected chi connectivity index (χ3v) is 3.60. The van der Waals surface area contributed by atoms with Gasteiger partial charge in [-0.3, -0.25) is 0 Å². The zero-order valence-electron chi connectivity index (χ0n) is 14.1. The van der Waals surface area contributed by atoms with Crippen LogP contribution in [0.2, 0.25) is 0 Å². The Kier molecular flexibility index (Phi) is 6.48. The minimum Gasteiger partial charge on any atom is -0.472 e. The van der Waals surface area contributed by atoms with Gasteiger partial charge < -0.3 is 15.6 Å². The van der Waals surface area contributed by atoms with Gasteiger partial charge in [-0.2, -0.15) is 13.5 Å². The number of rotatable bonds is 5. The maximum Gasteiger partial charge on any atom is 0.221 e. The van der Waals surface area contributed by atoms with Crippen molar-refractivity contribution in [2.75, 3.05) is 12.3 Å². The van der Waals surface area contributed by atoms with E-state index in [2.05, 4.69) is 15.0 Å². The molecular weight excluding hydrogens is 355 g/mol. The van der Waals surface area contributed by atoms with E-state index in [0.29, 0.717) is 28.1 Å². The average molecular weight is 374 g/mol. The van der Waals surface area contributed by atoms with E-state index in [-0.39, 0.29) is 26.1 Å². The molecular formula is C18H19FN4O2S. The lowest BCUT2D eigenvalue weighted by molar-refractivity contribution is 0.126. The molecule has 0 fully saturated rings. The van der Waals surface area contributed by atoms with Gasteiger partial charge in [0.2, 0.25) is 11.8 Å². The second-order valence-electron chi connectivity index (χ2n) is 5.49. The molecule has 0 bridgehead atoms. The largest absolute Gasteiger partial charge is 0.472 e. The Labute approximate surface area is 157 Å². The summed E-state index contributed by atoms with van der Waals surface area (Å²) in [6.45, 7) is 1.59. The number of pyridine rings is 1. The highest BCUT2D eigenvalue weighted by atomic mass is 32.1. The molecule has 3 aromatic rings. The van der Waals surface area contributed by atoms with E-state index < -0.39 is 11.9 Å². The zero-order chi connectivity index (χ0) is 17.8. The molecule has 1 aromatic carbocycles. The fourth-order valence-electron chi connectivity index (χ4n) is 2.33. The first-order valence-electron chi connectivity index (χ1n) is 7.69. The molecule has 3 rings (SSSR count). The van der Waals surface area contributed by atoms with Crippen molar-refractivity contribution in [3.63, 3.8) is 0 Å². The van der Waals surface area contributed by atoms with Gasteiger partial charge in [-0.1, -0.05) is 12.1 Å². The summed E-state index contributed by atoms with van der Waals surface area (Å²) in [5.74, 6) is 0.0545. The average Bonchev–Trinajstić information content (AvgIpc) is 2.63. The second kappa shape index (κ2) is 8.59. The van der Waals surface area contributed by atoms with Crippen LogP contribution in [0.25, 0.3) is 22.3 Å². The normalized spacial score (nSPS) is 11.5. The zero-order valence-corrected chi connectivity index (χ0v) is 15.1. The number of aliphatic hydroxyl groups excluding tert-OH is 1. The lowest BCUT2D eigenvalue weighted by atomic mass is 10.0. The van der Waals surface area contributed by atoms with Crippen molar-refractivity contribution in [3.05, 3.63) is 54.7 Å². The molecule has 0 radical (unpaired) electrons. The third kappa shape index (κ3) is 4.27. The van der Waals surface area contributed by atoms with Gasteiger partial charge in [-0.25, -0.2) is 19.3 Å². The summed E-state index contributed by atoms with van der Waals surface area (Å²) in [6.07, 6.45) is 4.12. The number of nitrogen functional groups attached to an aromatic ring is 1. The number of benzene rings is 1. The fourth-order valence-corrected chi connectivity index (χ4v) is 2.33. The molecule has 0 saturated heterocycles. The number of ether oxygens (including phenoxy) is 1. The maximum atomic E-state index is 14.6. The van der Waals surface area contributed by atoms with Crippen LogP contribution in [0.15, 0.2) is 48.9 Å². The summed E-state index contributed by atoms with van der Waals surface area (Å²) in [6, 6.07) is 8.34. The topological polar surface area (TPSA) is 94.2 Å². The minimum atomic E-state index is -0.420. The number of anilines is 1. The van der Waals surface area contributed by atoms with E-state index in [1.165, 1.54) is 18.5 Å². The van der Waals surface area contributed by atoms with Crippen LogP contribution in [0, 0.1) is 5.82 Å². The number of hydrogen-bond acceptors (Lipinski definition) is 6. The lowest BCUT2D eigenvalue weighted by Gasteiger charge is -2.15. The molecule has 0 amide bonds. The van der Waals surface area contributed by atoms with Crippen molar-refractivity contribution in [3.8, 4) is 28.1 Å². The SMILES string of the molecule is C[C@@H](CO)Oc1ncccc1-c1ccc(-c2cnc(N)nc2)c(F)c1.S. The number of hydrogen-bond donors (Lipinski definition) is 2. The van der Waals surface area contributed by atoms with Crippen molar-refractivity contribution in [1.29, 1.82) is 0 Å². The van der Waals surface area contributed by atoms with Gasteiger partial charge in [0.05, 0.1) is 6.61 Å². The number of nitrogens with two attached hydrogens (primary N) is 1. The van der Waals surface area contributed by atoms with Crippen LogP contribution in [0.5, 0.6) is 5.88 Å². The summed E-state index contributed by atoms with van der Waals surface area (Å²) in [5.41, 5.74) is 7.62. The van der Waals surface area contributed by atoms with Crippen LogP contribution < -0.4 is 10.5 Å². The van der Waals surface area contributed by atoms with Gasteiger partial charge in [0.1, 0.15) is 11.9 Å². The molecule has 2 heterocycles. The van der Waals surface area contributed by atoms with E-state index in [9.17, 15) is 4.39 Å². The van der Waals surface area contributed by atoms with Crippen LogP contribution >= 0.6 is 13.5 Å². The number of aliphatic hydroxyl groups is 1. The maximum absolute atomic E-state index is 14.6. The van der Waals surface area contributed by atoms with Gasteiger partial charge in [-0.15, -0.1) is 0 Å². The summed E-state index contributed by atoms with van der Waals surface area (Å²) in [7, 11) is 0. The Morgan fingerprint density at radius 3 is 2.50 bits per heavy atom. The van der Waals surface area contributed by atoms with Crippen LogP contribution in [-0.4, -0.2) is 32.8 Å². The van der Waals surface area contributed by atoms with Crippen LogP contribution in [-0.2, 0) is 0 Å². The first kappa shape index (κ1) is 19.6. The van der Waals surface area contributed by atoms with E-state index >= 15 is 0 Å². The first-order chi connectivity index (χ1) is 12.1. The summed E-state index contributed by atoms with van der Waals surface area (Å²) < 4.78 is 20.2. The van der Waals surface area contributed by atoms with Gasteiger partial charge in [0.25, 0.3) is 0 Å². The Morgan fingerprint density at radius 1 is 1.12 bits per heavy atom. The highest BCUT2D eigenvalue weighted by molar-refractivity contribution is 7.59. The van der Waals surface area contributed by atoms with Crippen molar-refractivity contribution < 1.29 is 14.2 Å². The van der Waals surface area contributed by atoms with Crippen molar-refractivity contribution >= 4 is 19.4 Å². The molecule has 0 spiro atoms. The standard InChI is InChI=1S/C18H17FN4O2.H2S/c1-11(10-24)25-17-15(3-2-6-21-17)12-4-5-14(16(19)7-12)13-8-22-18(20)23-9-13;/h2-9,11,24H,10H2,1H3,(H2,20,22,23);1H2/t11-;/m0./s1. The van der Waals surface area contributed by atoms with E-state index in [1.54, 1.807) is 37.4 Å². The van der Waals surface area contributed by atoms with Crippen LogP contribution in [0.4, 0.5) is 10.3 Å². The molecule has 0 aliphatic carbocycles. The molecule has 0 saturated carbocycles. The molecule has 0 unspecified atom stereocenters. The molecule has 0 aliphatic rings. The summed E-state index contributed by atoms with van der Waals surface area (Å²) in [4.78, 5) is 11.9. The Morgan fingerprint density at radius 2 is 1.85 bits per heavy atom. The predicted octanol–water partition coefficient (Wildman–Crippen LogP) is 2.80. The number of aromatic nitrogens is 3. The summed E-state index contributed by atoms with van der Waals surface area (Å²) >= 11 is 0. The Hall–Kier alpha value is -2.71. The second-order valence-corrected chi connectivity index (χ2v) is 5.49. The number of nitrogens with zero attached hydrogens (tertiary/aromatic N) is 3.